The van der Waals surface area contributed by atoms with Gasteiger partial charge in [0, 0.05) is 11.6 Å². The standard InChI is InChI=1S/C9H9ClF2O/c1-9(2,13)6-3-5(11)4-7(12)8(6)10/h3-4,13H,1-2H3. The number of aliphatic hydroxyl groups is 1. The highest BCUT2D eigenvalue weighted by atomic mass is 35.5. The molecule has 1 aromatic carbocycles. The zero-order chi connectivity index (χ0) is 10.2. The molecule has 1 N–H and O–H groups in total. The Balaban J connectivity index is 3.37. The van der Waals surface area contributed by atoms with Crippen LogP contribution in [0.1, 0.15) is 19.4 Å². The summed E-state index contributed by atoms with van der Waals surface area (Å²) in [5.41, 5.74) is -1.30. The molecular formula is C9H9ClF2O. The van der Waals surface area contributed by atoms with Gasteiger partial charge in [-0.2, -0.15) is 0 Å². The Bertz CT molecular complexity index is 331. The lowest BCUT2D eigenvalue weighted by Gasteiger charge is -2.19. The van der Waals surface area contributed by atoms with Crippen LogP contribution in [0.5, 0.6) is 0 Å². The normalized spacial score (nSPS) is 11.8. The molecule has 0 aliphatic rings. The predicted molar refractivity (Wildman–Crippen MR) is 46.6 cm³/mol. The summed E-state index contributed by atoms with van der Waals surface area (Å²) in [6, 6.07) is 1.70. The molecule has 0 radical (unpaired) electrons. The van der Waals surface area contributed by atoms with E-state index in [4.69, 9.17) is 11.6 Å². The van der Waals surface area contributed by atoms with E-state index < -0.39 is 17.2 Å². The van der Waals surface area contributed by atoms with Crippen LogP contribution < -0.4 is 0 Å². The molecule has 0 atom stereocenters. The van der Waals surface area contributed by atoms with E-state index in [1.54, 1.807) is 0 Å². The maximum atomic E-state index is 12.9. The van der Waals surface area contributed by atoms with E-state index in [0.717, 1.165) is 6.07 Å². The summed E-state index contributed by atoms with van der Waals surface area (Å²) in [6.07, 6.45) is 0. The zero-order valence-electron chi connectivity index (χ0n) is 7.24. The summed E-state index contributed by atoms with van der Waals surface area (Å²) in [5, 5.41) is 9.26. The third-order valence-corrected chi connectivity index (χ3v) is 2.04. The van der Waals surface area contributed by atoms with Gasteiger partial charge in [0.15, 0.2) is 0 Å². The van der Waals surface area contributed by atoms with Crippen molar-refractivity contribution in [1.82, 2.24) is 0 Å². The van der Waals surface area contributed by atoms with Crippen LogP contribution >= 0.6 is 11.6 Å². The van der Waals surface area contributed by atoms with E-state index in [9.17, 15) is 13.9 Å². The first-order chi connectivity index (χ1) is 5.82. The van der Waals surface area contributed by atoms with Gasteiger partial charge in [-0.05, 0) is 19.9 Å². The van der Waals surface area contributed by atoms with Crippen LogP contribution in [0.4, 0.5) is 8.78 Å². The Morgan fingerprint density at radius 2 is 1.85 bits per heavy atom. The highest BCUT2D eigenvalue weighted by Crippen LogP contribution is 2.30. The topological polar surface area (TPSA) is 20.2 Å². The lowest BCUT2D eigenvalue weighted by molar-refractivity contribution is 0.0780. The van der Waals surface area contributed by atoms with Gasteiger partial charge in [-0.1, -0.05) is 11.6 Å². The summed E-state index contributed by atoms with van der Waals surface area (Å²) < 4.78 is 25.6. The molecular weight excluding hydrogens is 198 g/mol. The van der Waals surface area contributed by atoms with Crippen molar-refractivity contribution in [1.29, 1.82) is 0 Å². The van der Waals surface area contributed by atoms with Gasteiger partial charge in [0.2, 0.25) is 0 Å². The van der Waals surface area contributed by atoms with Crippen molar-refractivity contribution in [3.05, 3.63) is 34.4 Å². The fourth-order valence-electron chi connectivity index (χ4n) is 1.00. The first-order valence-corrected chi connectivity index (χ1v) is 4.07. The van der Waals surface area contributed by atoms with Crippen molar-refractivity contribution in [3.63, 3.8) is 0 Å². The van der Waals surface area contributed by atoms with Crippen LogP contribution in [-0.4, -0.2) is 5.11 Å². The molecule has 1 rings (SSSR count). The second-order valence-electron chi connectivity index (χ2n) is 3.31. The monoisotopic (exact) mass is 206 g/mol. The van der Waals surface area contributed by atoms with Gasteiger partial charge < -0.3 is 5.11 Å². The molecule has 72 valence electrons. The molecule has 0 heterocycles. The van der Waals surface area contributed by atoms with Gasteiger partial charge in [-0.15, -0.1) is 0 Å². The Kier molecular flexibility index (Phi) is 2.59. The number of halogens is 3. The second-order valence-corrected chi connectivity index (χ2v) is 3.69. The fourth-order valence-corrected chi connectivity index (χ4v) is 1.34. The Hall–Kier alpha value is -0.670. The Morgan fingerprint density at radius 1 is 1.31 bits per heavy atom. The van der Waals surface area contributed by atoms with Crippen LogP contribution in [0.2, 0.25) is 5.02 Å². The van der Waals surface area contributed by atoms with Gasteiger partial charge in [-0.25, -0.2) is 8.78 Å². The number of hydrogen-bond donors (Lipinski definition) is 1. The summed E-state index contributed by atoms with van der Waals surface area (Å²) >= 11 is 5.55. The van der Waals surface area contributed by atoms with Crippen molar-refractivity contribution in [2.75, 3.05) is 0 Å². The van der Waals surface area contributed by atoms with E-state index in [-0.39, 0.29) is 10.6 Å². The van der Waals surface area contributed by atoms with Gasteiger partial charge in [0.25, 0.3) is 0 Å². The number of rotatable bonds is 1. The lowest BCUT2D eigenvalue weighted by Crippen LogP contribution is -2.17. The molecule has 0 saturated heterocycles. The van der Waals surface area contributed by atoms with Gasteiger partial charge in [-0.3, -0.25) is 0 Å². The predicted octanol–water partition coefficient (Wildman–Crippen LogP) is 2.85. The zero-order valence-corrected chi connectivity index (χ0v) is 7.99. The highest BCUT2D eigenvalue weighted by molar-refractivity contribution is 6.31. The maximum Gasteiger partial charge on any atom is 0.145 e. The fraction of sp³-hybridized carbons (Fsp3) is 0.333. The third-order valence-electron chi connectivity index (χ3n) is 1.65. The maximum absolute atomic E-state index is 12.9. The van der Waals surface area contributed by atoms with Crippen LogP contribution in [-0.2, 0) is 5.60 Å². The molecule has 0 spiro atoms. The van der Waals surface area contributed by atoms with Crippen molar-refractivity contribution in [2.24, 2.45) is 0 Å². The average molecular weight is 207 g/mol. The van der Waals surface area contributed by atoms with Gasteiger partial charge in [0.05, 0.1) is 10.6 Å². The minimum Gasteiger partial charge on any atom is -0.386 e. The van der Waals surface area contributed by atoms with Crippen molar-refractivity contribution in [3.8, 4) is 0 Å². The molecule has 0 unspecified atom stereocenters. The van der Waals surface area contributed by atoms with Crippen LogP contribution in [0.3, 0.4) is 0 Å². The summed E-state index contributed by atoms with van der Waals surface area (Å²) in [4.78, 5) is 0. The summed E-state index contributed by atoms with van der Waals surface area (Å²) in [6.45, 7) is 2.82. The average Bonchev–Trinajstić information content (AvgIpc) is 1.94. The molecule has 0 aromatic heterocycles. The lowest BCUT2D eigenvalue weighted by atomic mass is 9.98. The molecule has 0 bridgehead atoms. The quantitative estimate of drug-likeness (QED) is 0.701. The largest absolute Gasteiger partial charge is 0.386 e. The molecule has 13 heavy (non-hydrogen) atoms. The van der Waals surface area contributed by atoms with E-state index in [0.29, 0.717) is 6.07 Å². The third kappa shape index (κ3) is 2.17. The minimum absolute atomic E-state index is 0.0478. The van der Waals surface area contributed by atoms with Crippen molar-refractivity contribution >= 4 is 11.6 Å². The van der Waals surface area contributed by atoms with Crippen molar-refractivity contribution in [2.45, 2.75) is 19.4 Å². The van der Waals surface area contributed by atoms with E-state index in [2.05, 4.69) is 0 Å². The number of hydrogen-bond acceptors (Lipinski definition) is 1. The Labute approximate surface area is 80.0 Å². The minimum atomic E-state index is -1.35. The van der Waals surface area contributed by atoms with E-state index in [1.807, 2.05) is 0 Å². The smallest absolute Gasteiger partial charge is 0.145 e. The molecule has 0 saturated carbocycles. The summed E-state index contributed by atoms with van der Waals surface area (Å²) in [5.74, 6) is -1.61. The van der Waals surface area contributed by atoms with Crippen LogP contribution in [0.25, 0.3) is 0 Å². The van der Waals surface area contributed by atoms with Crippen molar-refractivity contribution < 1.29 is 13.9 Å². The molecule has 0 fully saturated rings. The van der Waals surface area contributed by atoms with E-state index >= 15 is 0 Å². The second kappa shape index (κ2) is 3.24. The summed E-state index contributed by atoms with van der Waals surface area (Å²) in [7, 11) is 0. The Morgan fingerprint density at radius 3 is 2.31 bits per heavy atom. The SMILES string of the molecule is CC(C)(O)c1cc(F)cc(F)c1Cl. The van der Waals surface area contributed by atoms with Crippen LogP contribution in [0, 0.1) is 11.6 Å². The first kappa shape index (κ1) is 10.4. The van der Waals surface area contributed by atoms with E-state index in [1.165, 1.54) is 13.8 Å². The van der Waals surface area contributed by atoms with Crippen LogP contribution in [0.15, 0.2) is 12.1 Å². The highest BCUT2D eigenvalue weighted by Gasteiger charge is 2.22. The molecule has 0 amide bonds. The van der Waals surface area contributed by atoms with Gasteiger partial charge in [0.1, 0.15) is 11.6 Å². The molecule has 1 aromatic rings. The molecule has 0 aliphatic heterocycles. The number of benzene rings is 1. The van der Waals surface area contributed by atoms with Gasteiger partial charge >= 0.3 is 0 Å². The first-order valence-electron chi connectivity index (χ1n) is 3.70. The molecule has 0 aliphatic carbocycles. The molecule has 4 heteroatoms. The molecule has 1 nitrogen and oxygen atoms in total.